The van der Waals surface area contributed by atoms with Gasteiger partial charge in [0.1, 0.15) is 0 Å². The fourth-order valence-corrected chi connectivity index (χ4v) is 2.51. The molecule has 0 aliphatic heterocycles. The van der Waals surface area contributed by atoms with Crippen LogP contribution in [0.15, 0.2) is 42.5 Å². The molecule has 2 rings (SSSR count). The quantitative estimate of drug-likeness (QED) is 0.765. The molecule has 0 unspecified atom stereocenters. The average Bonchev–Trinajstić information content (AvgIpc) is 2.65. The Morgan fingerprint density at radius 2 is 1.81 bits per heavy atom. The van der Waals surface area contributed by atoms with Gasteiger partial charge in [0.2, 0.25) is 5.91 Å². The number of methoxy groups -OCH3 is 3. The van der Waals surface area contributed by atoms with Crippen molar-refractivity contribution in [1.29, 1.82) is 0 Å². The van der Waals surface area contributed by atoms with Crippen LogP contribution in [-0.2, 0) is 4.79 Å². The van der Waals surface area contributed by atoms with Crippen molar-refractivity contribution in [2.75, 3.05) is 21.3 Å². The molecule has 6 heteroatoms. The molecule has 0 bridgehead atoms. The molecular weight excluding hydrogens is 337 g/mol. The van der Waals surface area contributed by atoms with Crippen molar-refractivity contribution < 1.29 is 23.4 Å². The maximum Gasteiger partial charge on any atom is 0.244 e. The molecule has 1 atom stereocenters. The van der Waals surface area contributed by atoms with Gasteiger partial charge in [-0.15, -0.1) is 0 Å². The van der Waals surface area contributed by atoms with Gasteiger partial charge in [0.05, 0.1) is 27.4 Å². The average molecular weight is 359 g/mol. The van der Waals surface area contributed by atoms with E-state index >= 15 is 0 Å². The third kappa shape index (κ3) is 4.53. The van der Waals surface area contributed by atoms with Crippen LogP contribution >= 0.6 is 0 Å². The van der Waals surface area contributed by atoms with Crippen LogP contribution in [0.2, 0.25) is 0 Å². The maximum absolute atomic E-state index is 13.8. The lowest BCUT2D eigenvalue weighted by molar-refractivity contribution is -0.117. The summed E-state index contributed by atoms with van der Waals surface area (Å²) in [5.41, 5.74) is 1.36. The van der Waals surface area contributed by atoms with Gasteiger partial charge < -0.3 is 19.5 Å². The number of carbonyl (C=O) groups excluding carboxylic acids is 1. The number of carbonyl (C=O) groups is 1. The zero-order chi connectivity index (χ0) is 19.1. The van der Waals surface area contributed by atoms with Crippen molar-refractivity contribution in [2.45, 2.75) is 13.0 Å². The van der Waals surface area contributed by atoms with E-state index in [-0.39, 0.29) is 17.7 Å². The summed E-state index contributed by atoms with van der Waals surface area (Å²) in [5.74, 6) is 0.514. The Hall–Kier alpha value is -3.02. The fourth-order valence-electron chi connectivity index (χ4n) is 2.51. The molecule has 0 spiro atoms. The number of amides is 1. The van der Waals surface area contributed by atoms with Crippen LogP contribution in [0, 0.1) is 5.82 Å². The first-order valence-corrected chi connectivity index (χ1v) is 8.03. The monoisotopic (exact) mass is 359 g/mol. The molecule has 1 N–H and O–H groups in total. The molecule has 1 amide bonds. The number of hydrogen-bond donors (Lipinski definition) is 1. The Balaban J connectivity index is 2.09. The van der Waals surface area contributed by atoms with Crippen molar-refractivity contribution in [3.63, 3.8) is 0 Å². The molecule has 2 aromatic carbocycles. The molecule has 26 heavy (non-hydrogen) atoms. The van der Waals surface area contributed by atoms with Gasteiger partial charge in [-0.1, -0.05) is 18.2 Å². The fraction of sp³-hybridized carbons (Fsp3) is 0.250. The van der Waals surface area contributed by atoms with E-state index < -0.39 is 5.82 Å². The molecule has 0 saturated heterocycles. The zero-order valence-electron chi connectivity index (χ0n) is 15.2. The zero-order valence-corrected chi connectivity index (χ0v) is 15.2. The maximum atomic E-state index is 13.8. The van der Waals surface area contributed by atoms with E-state index in [1.807, 2.05) is 12.1 Å². The van der Waals surface area contributed by atoms with Crippen LogP contribution in [0.3, 0.4) is 0 Å². The summed E-state index contributed by atoms with van der Waals surface area (Å²) in [5, 5.41) is 2.79. The minimum Gasteiger partial charge on any atom is -0.494 e. The minimum absolute atomic E-state index is 0.164. The molecular formula is C20H22FNO4. The standard InChI is InChI=1S/C20H22FNO4/c1-13(15-8-10-17(24-2)16(21)12-15)22-19(23)11-9-14-6-5-7-18(25-3)20(14)26-4/h5-13H,1-4H3,(H,22,23)/b11-9+/t13-/m1/s1. The predicted molar refractivity (Wildman–Crippen MR) is 98.1 cm³/mol. The van der Waals surface area contributed by atoms with Gasteiger partial charge in [-0.3, -0.25) is 4.79 Å². The van der Waals surface area contributed by atoms with Gasteiger partial charge >= 0.3 is 0 Å². The lowest BCUT2D eigenvalue weighted by Gasteiger charge is -2.14. The number of halogens is 1. The molecule has 138 valence electrons. The van der Waals surface area contributed by atoms with E-state index in [1.54, 1.807) is 32.2 Å². The first-order valence-electron chi connectivity index (χ1n) is 8.03. The lowest BCUT2D eigenvalue weighted by Crippen LogP contribution is -2.24. The molecule has 0 heterocycles. The molecule has 0 radical (unpaired) electrons. The van der Waals surface area contributed by atoms with Crippen LogP contribution < -0.4 is 19.5 Å². The third-order valence-corrected chi connectivity index (χ3v) is 3.88. The van der Waals surface area contributed by atoms with Crippen molar-refractivity contribution in [3.05, 3.63) is 59.4 Å². The Morgan fingerprint density at radius 3 is 2.42 bits per heavy atom. The molecule has 0 saturated carbocycles. The number of ether oxygens (including phenoxy) is 3. The van der Waals surface area contributed by atoms with Crippen LogP contribution in [0.5, 0.6) is 17.2 Å². The van der Waals surface area contributed by atoms with Gasteiger partial charge in [0, 0.05) is 11.6 Å². The Morgan fingerprint density at radius 1 is 1.08 bits per heavy atom. The summed E-state index contributed by atoms with van der Waals surface area (Å²) in [7, 11) is 4.49. The molecule has 0 fully saturated rings. The number of para-hydroxylation sites is 1. The largest absolute Gasteiger partial charge is 0.494 e. The summed E-state index contributed by atoms with van der Waals surface area (Å²) in [4.78, 5) is 12.2. The summed E-state index contributed by atoms with van der Waals surface area (Å²) >= 11 is 0. The number of benzene rings is 2. The molecule has 2 aromatic rings. The summed E-state index contributed by atoms with van der Waals surface area (Å²) in [6.07, 6.45) is 3.03. The molecule has 0 aliphatic rings. The highest BCUT2D eigenvalue weighted by molar-refractivity contribution is 5.92. The van der Waals surface area contributed by atoms with Crippen molar-refractivity contribution >= 4 is 12.0 Å². The van der Waals surface area contributed by atoms with Gasteiger partial charge in [-0.05, 0) is 36.8 Å². The summed E-state index contributed by atoms with van der Waals surface area (Å²) in [6, 6.07) is 9.62. The van der Waals surface area contributed by atoms with Crippen LogP contribution in [0.4, 0.5) is 4.39 Å². The Kier molecular flexibility index (Phi) is 6.60. The van der Waals surface area contributed by atoms with E-state index in [0.717, 1.165) is 0 Å². The Labute approximate surface area is 152 Å². The smallest absolute Gasteiger partial charge is 0.244 e. The minimum atomic E-state index is -0.470. The second-order valence-corrected chi connectivity index (χ2v) is 5.54. The van der Waals surface area contributed by atoms with E-state index in [9.17, 15) is 9.18 Å². The van der Waals surface area contributed by atoms with Crippen molar-refractivity contribution in [3.8, 4) is 17.2 Å². The van der Waals surface area contributed by atoms with Gasteiger partial charge in [-0.25, -0.2) is 4.39 Å². The van der Waals surface area contributed by atoms with E-state index in [1.165, 1.54) is 32.4 Å². The van der Waals surface area contributed by atoms with Gasteiger partial charge in [-0.2, -0.15) is 0 Å². The second kappa shape index (κ2) is 8.89. The molecule has 0 aliphatic carbocycles. The molecule has 5 nitrogen and oxygen atoms in total. The highest BCUT2D eigenvalue weighted by Gasteiger charge is 2.12. The van der Waals surface area contributed by atoms with Crippen molar-refractivity contribution in [1.82, 2.24) is 5.32 Å². The summed E-state index contributed by atoms with van der Waals surface area (Å²) < 4.78 is 29.2. The number of hydrogen-bond acceptors (Lipinski definition) is 4. The normalized spacial score (nSPS) is 11.9. The first kappa shape index (κ1) is 19.3. The Bertz CT molecular complexity index is 804. The lowest BCUT2D eigenvalue weighted by atomic mass is 10.1. The van der Waals surface area contributed by atoms with E-state index in [4.69, 9.17) is 14.2 Å². The van der Waals surface area contributed by atoms with E-state index in [2.05, 4.69) is 5.32 Å². The highest BCUT2D eigenvalue weighted by atomic mass is 19.1. The van der Waals surface area contributed by atoms with Crippen LogP contribution in [-0.4, -0.2) is 27.2 Å². The third-order valence-electron chi connectivity index (χ3n) is 3.88. The SMILES string of the molecule is COc1ccc([C@@H](C)NC(=O)/C=C/c2cccc(OC)c2OC)cc1F. The predicted octanol–water partition coefficient (Wildman–Crippen LogP) is 3.74. The number of nitrogens with one attached hydrogen (secondary N) is 1. The second-order valence-electron chi connectivity index (χ2n) is 5.54. The van der Waals surface area contributed by atoms with Gasteiger partial charge in [0.15, 0.2) is 23.1 Å². The molecule has 0 aromatic heterocycles. The topological polar surface area (TPSA) is 56.8 Å². The van der Waals surface area contributed by atoms with Gasteiger partial charge in [0.25, 0.3) is 0 Å². The van der Waals surface area contributed by atoms with Crippen LogP contribution in [0.25, 0.3) is 6.08 Å². The van der Waals surface area contributed by atoms with Crippen LogP contribution in [0.1, 0.15) is 24.1 Å². The first-order chi connectivity index (χ1) is 12.5. The van der Waals surface area contributed by atoms with Crippen molar-refractivity contribution in [2.24, 2.45) is 0 Å². The summed E-state index contributed by atoms with van der Waals surface area (Å²) in [6.45, 7) is 1.78. The highest BCUT2D eigenvalue weighted by Crippen LogP contribution is 2.31. The number of rotatable bonds is 7. The van der Waals surface area contributed by atoms with E-state index in [0.29, 0.717) is 22.6 Å².